The maximum atomic E-state index is 11.4. The van der Waals surface area contributed by atoms with Crippen molar-refractivity contribution in [3.05, 3.63) is 47.4 Å². The van der Waals surface area contributed by atoms with E-state index in [-0.39, 0.29) is 58.0 Å². The smallest absolute Gasteiger partial charge is 0.339 e. The van der Waals surface area contributed by atoms with E-state index in [1.54, 1.807) is 19.4 Å². The molecule has 0 unspecified atom stereocenters. The van der Waals surface area contributed by atoms with Gasteiger partial charge in [-0.3, -0.25) is 20.5 Å². The van der Waals surface area contributed by atoms with Gasteiger partial charge in [0.25, 0.3) is 0 Å². The van der Waals surface area contributed by atoms with Crippen molar-refractivity contribution in [2.24, 2.45) is 0 Å². The van der Waals surface area contributed by atoms with Gasteiger partial charge in [0.2, 0.25) is 0 Å². The van der Waals surface area contributed by atoms with Crippen LogP contribution in [0.2, 0.25) is 0 Å². The summed E-state index contributed by atoms with van der Waals surface area (Å²) in [5.74, 6) is -0.103. The number of nitrogens with zero attached hydrogens (tertiary/aromatic N) is 1. The molecule has 1 radical (unpaired) electrons. The third kappa shape index (κ3) is 13.0. The summed E-state index contributed by atoms with van der Waals surface area (Å²) in [7, 11) is -9.10. The minimum atomic E-state index is -4.55. The van der Waals surface area contributed by atoms with E-state index in [0.717, 1.165) is 16.0 Å². The Kier molecular flexibility index (Phi) is 13.2. The van der Waals surface area contributed by atoms with Crippen LogP contribution < -0.4 is 4.74 Å². The maximum absolute atomic E-state index is 11.4. The van der Waals surface area contributed by atoms with Crippen LogP contribution in [0.3, 0.4) is 0 Å². The normalized spacial score (nSPS) is 11.7. The number of hydrogen-bond acceptors (Lipinski definition) is 6. The maximum Gasteiger partial charge on any atom is 0.339 e. The third-order valence-corrected chi connectivity index (χ3v) is 5.22. The summed E-state index contributed by atoms with van der Waals surface area (Å²) >= 11 is 0. The van der Waals surface area contributed by atoms with Gasteiger partial charge in [0.15, 0.2) is 0 Å². The molecule has 0 heterocycles. The van der Waals surface area contributed by atoms with Crippen LogP contribution in [-0.4, -0.2) is 56.2 Å². The standard InChI is InChI=1S/C18H28NO9P2.Y/c1-13(2)18(20)28-7-5-6-27-17-15(4)8-14(3)9-16(17)10-19(11-29(21,22)23)12-30(24,25)26;/h5,8-9H,1,6-7,10-12H2,2-4H3,(H2,21,22,23)(H2,24,25,26);/q-1;. The summed E-state index contributed by atoms with van der Waals surface area (Å²) in [5, 5.41) is 0. The molecule has 1 aromatic carbocycles. The minimum absolute atomic E-state index is 0. The van der Waals surface area contributed by atoms with Crippen molar-refractivity contribution in [2.75, 3.05) is 25.8 Å². The van der Waals surface area contributed by atoms with Crippen LogP contribution in [0.1, 0.15) is 23.6 Å². The second-order valence-electron chi connectivity index (χ2n) is 6.99. The molecule has 1 aromatic rings. The molecular formula is C18H28NO9P2Y-. The Balaban J connectivity index is 0.00000900. The van der Waals surface area contributed by atoms with Gasteiger partial charge < -0.3 is 29.0 Å². The molecule has 10 nitrogen and oxygen atoms in total. The Labute approximate surface area is 207 Å². The molecule has 0 saturated carbocycles. The average Bonchev–Trinajstić information content (AvgIpc) is 2.52. The summed E-state index contributed by atoms with van der Waals surface area (Å²) in [6.45, 7) is 8.55. The Morgan fingerprint density at radius 3 is 2.13 bits per heavy atom. The molecule has 4 N–H and O–H groups in total. The van der Waals surface area contributed by atoms with Gasteiger partial charge in [-0.1, -0.05) is 24.3 Å². The molecule has 0 amide bonds. The number of benzene rings is 1. The second kappa shape index (κ2) is 13.3. The SMILES string of the molecule is C=C(C)C(=O)OC[CH-]COc1c(C)cc(C)cc1CN(CP(=O)(O)O)CP(=O)(O)O.[Y]. The predicted molar refractivity (Wildman–Crippen MR) is 111 cm³/mol. The fourth-order valence-corrected chi connectivity index (χ4v) is 4.32. The fourth-order valence-electron chi connectivity index (χ4n) is 2.72. The van der Waals surface area contributed by atoms with Gasteiger partial charge in [0, 0.05) is 50.4 Å². The summed E-state index contributed by atoms with van der Waals surface area (Å²) in [6, 6.07) is 3.56. The minimum Gasteiger partial charge on any atom is -0.524 e. The Morgan fingerprint density at radius 1 is 1.10 bits per heavy atom. The Morgan fingerprint density at radius 2 is 1.65 bits per heavy atom. The number of ether oxygens (including phenoxy) is 2. The third-order valence-electron chi connectivity index (χ3n) is 3.68. The monoisotopic (exact) mass is 553 g/mol. The van der Waals surface area contributed by atoms with E-state index in [4.69, 9.17) is 9.47 Å². The van der Waals surface area contributed by atoms with Crippen LogP contribution in [0.4, 0.5) is 0 Å². The van der Waals surface area contributed by atoms with Gasteiger partial charge in [0.1, 0.15) is 18.3 Å². The van der Waals surface area contributed by atoms with E-state index in [1.807, 2.05) is 13.0 Å². The molecule has 1 rings (SSSR count). The van der Waals surface area contributed by atoms with Crippen molar-refractivity contribution in [3.8, 4) is 5.75 Å². The molecule has 0 saturated heterocycles. The molecule has 173 valence electrons. The first-order valence-electron chi connectivity index (χ1n) is 8.86. The van der Waals surface area contributed by atoms with Crippen LogP contribution in [0, 0.1) is 20.3 Å². The van der Waals surface area contributed by atoms with Crippen molar-refractivity contribution in [1.82, 2.24) is 4.90 Å². The van der Waals surface area contributed by atoms with Crippen LogP contribution >= 0.6 is 15.2 Å². The van der Waals surface area contributed by atoms with Crippen molar-refractivity contribution in [3.63, 3.8) is 0 Å². The van der Waals surface area contributed by atoms with E-state index in [2.05, 4.69) is 6.58 Å². The molecule has 0 aromatic heterocycles. The van der Waals surface area contributed by atoms with Crippen molar-refractivity contribution in [2.45, 2.75) is 27.3 Å². The average molecular weight is 553 g/mol. The summed E-state index contributed by atoms with van der Waals surface area (Å²) < 4.78 is 33.5. The van der Waals surface area contributed by atoms with Crippen molar-refractivity contribution in [1.29, 1.82) is 0 Å². The molecule has 0 aliphatic heterocycles. The van der Waals surface area contributed by atoms with Crippen molar-refractivity contribution < 1.29 is 75.7 Å². The number of carbonyl (C=O) groups excluding carboxylic acids is 1. The zero-order valence-corrected chi connectivity index (χ0v) is 22.4. The van der Waals surface area contributed by atoms with E-state index in [9.17, 15) is 33.5 Å². The van der Waals surface area contributed by atoms with Gasteiger partial charge >= 0.3 is 21.2 Å². The summed E-state index contributed by atoms with van der Waals surface area (Å²) in [5.41, 5.74) is 2.38. The Bertz CT molecular complexity index is 842. The van der Waals surface area contributed by atoms with Crippen LogP contribution in [-0.2, 0) is 57.9 Å². The molecule has 0 aliphatic carbocycles. The number of carbonyl (C=O) groups is 1. The fraction of sp³-hybridized carbons (Fsp3) is 0.444. The molecule has 31 heavy (non-hydrogen) atoms. The van der Waals surface area contributed by atoms with Gasteiger partial charge in [-0.05, 0) is 39.5 Å². The van der Waals surface area contributed by atoms with Gasteiger partial charge in [-0.2, -0.15) is 0 Å². The number of rotatable bonds is 12. The first-order chi connectivity index (χ1) is 13.7. The summed E-state index contributed by atoms with van der Waals surface area (Å²) in [4.78, 5) is 49.4. The first-order valence-corrected chi connectivity index (χ1v) is 12.5. The van der Waals surface area contributed by atoms with Crippen molar-refractivity contribution >= 4 is 21.2 Å². The van der Waals surface area contributed by atoms with E-state index in [0.29, 0.717) is 11.3 Å². The topological polar surface area (TPSA) is 154 Å². The predicted octanol–water partition coefficient (Wildman–Crippen LogP) is 2.08. The van der Waals surface area contributed by atoms with Gasteiger partial charge in [0.05, 0.1) is 0 Å². The van der Waals surface area contributed by atoms with Crippen LogP contribution in [0.25, 0.3) is 0 Å². The number of aryl methyl sites for hydroxylation is 2. The zero-order chi connectivity index (χ0) is 23.1. The number of esters is 1. The quantitative estimate of drug-likeness (QED) is 0.0995. The molecule has 0 atom stereocenters. The first kappa shape index (κ1) is 30.6. The summed E-state index contributed by atoms with van der Waals surface area (Å²) in [6.07, 6.45) is -0.0476. The Hall–Kier alpha value is -0.406. The molecule has 0 aliphatic rings. The molecule has 13 heteroatoms. The molecule has 0 bridgehead atoms. The van der Waals surface area contributed by atoms with E-state index >= 15 is 0 Å². The number of hydrogen-bond donors (Lipinski definition) is 4. The second-order valence-corrected chi connectivity index (χ2v) is 10.2. The molecule has 0 fully saturated rings. The van der Waals surface area contributed by atoms with Gasteiger partial charge in [-0.15, -0.1) is 0 Å². The molecule has 0 spiro atoms. The molecular weight excluding hydrogens is 525 g/mol. The van der Waals surface area contributed by atoms with Gasteiger partial charge in [-0.25, -0.2) is 4.79 Å². The van der Waals surface area contributed by atoms with Crippen LogP contribution in [0.15, 0.2) is 24.3 Å². The van der Waals surface area contributed by atoms with E-state index < -0.39 is 33.7 Å². The van der Waals surface area contributed by atoms with E-state index in [1.165, 1.54) is 6.92 Å². The zero-order valence-electron chi connectivity index (χ0n) is 17.7. The largest absolute Gasteiger partial charge is 0.524 e. The van der Waals surface area contributed by atoms with Crippen LogP contribution in [0.5, 0.6) is 5.75 Å².